The smallest absolute Gasteiger partial charge is 0.303 e. The van der Waals surface area contributed by atoms with Crippen LogP contribution >= 0.6 is 11.6 Å². The van der Waals surface area contributed by atoms with Crippen molar-refractivity contribution in [3.05, 3.63) is 23.4 Å². The number of carbonyl (C=O) groups excluding carboxylic acids is 1. The Labute approximate surface area is 103 Å². The van der Waals surface area contributed by atoms with Crippen molar-refractivity contribution < 1.29 is 14.7 Å². The van der Waals surface area contributed by atoms with Crippen LogP contribution in [0.5, 0.6) is 0 Å². The highest BCUT2D eigenvalue weighted by Gasteiger charge is 2.15. The lowest BCUT2D eigenvalue weighted by Crippen LogP contribution is -2.36. The first-order valence-corrected chi connectivity index (χ1v) is 5.26. The largest absolute Gasteiger partial charge is 0.481 e. The fraction of sp³-hybridized carbons (Fsp3) is 0.300. The van der Waals surface area contributed by atoms with Gasteiger partial charge >= 0.3 is 5.97 Å². The van der Waals surface area contributed by atoms with E-state index in [4.69, 9.17) is 22.4 Å². The molecule has 92 valence electrons. The Hall–Kier alpha value is -1.66. The standard InChI is InChI=1S/C10H12ClN3O3/c11-6-1-3-8(13-5-6)14-10(17)7(12)2-4-9(15)16/h1,3,5,7H,2,4,12H2,(H,15,16)(H,13,14,17). The highest BCUT2D eigenvalue weighted by Crippen LogP contribution is 2.10. The average Bonchev–Trinajstić information content (AvgIpc) is 2.28. The van der Waals surface area contributed by atoms with Gasteiger partial charge in [-0.25, -0.2) is 4.98 Å². The maximum atomic E-state index is 11.5. The molecule has 1 aromatic rings. The molecular formula is C10H12ClN3O3. The molecule has 0 fully saturated rings. The number of hydrogen-bond donors (Lipinski definition) is 3. The van der Waals surface area contributed by atoms with Gasteiger partial charge in [0.05, 0.1) is 11.1 Å². The number of aromatic nitrogens is 1. The third-order valence-electron chi connectivity index (χ3n) is 1.98. The SMILES string of the molecule is NC(CCC(=O)O)C(=O)Nc1ccc(Cl)cn1. The van der Waals surface area contributed by atoms with Gasteiger partial charge in [0.15, 0.2) is 0 Å². The zero-order chi connectivity index (χ0) is 12.8. The summed E-state index contributed by atoms with van der Waals surface area (Å²) in [5.74, 6) is -1.14. The van der Waals surface area contributed by atoms with E-state index in [9.17, 15) is 9.59 Å². The minimum absolute atomic E-state index is 0.0781. The summed E-state index contributed by atoms with van der Waals surface area (Å²) in [6.07, 6.45) is 1.32. The monoisotopic (exact) mass is 257 g/mol. The second kappa shape index (κ2) is 6.17. The maximum Gasteiger partial charge on any atom is 0.303 e. The number of rotatable bonds is 5. The van der Waals surface area contributed by atoms with Gasteiger partial charge in [0.25, 0.3) is 0 Å². The van der Waals surface area contributed by atoms with Crippen molar-refractivity contribution in [1.82, 2.24) is 4.98 Å². The fourth-order valence-corrected chi connectivity index (χ4v) is 1.19. The molecular weight excluding hydrogens is 246 g/mol. The molecule has 0 aromatic carbocycles. The molecule has 0 aliphatic carbocycles. The van der Waals surface area contributed by atoms with Crippen LogP contribution in [0, 0.1) is 0 Å². The number of anilines is 1. The van der Waals surface area contributed by atoms with Crippen LogP contribution in [0.4, 0.5) is 5.82 Å². The lowest BCUT2D eigenvalue weighted by Gasteiger charge is -2.10. The molecule has 1 heterocycles. The highest BCUT2D eigenvalue weighted by atomic mass is 35.5. The summed E-state index contributed by atoms with van der Waals surface area (Å²) in [6, 6.07) is 2.24. The van der Waals surface area contributed by atoms with Crippen molar-refractivity contribution in [2.45, 2.75) is 18.9 Å². The van der Waals surface area contributed by atoms with Gasteiger partial charge in [-0.3, -0.25) is 9.59 Å². The van der Waals surface area contributed by atoms with Crippen LogP contribution in [0.2, 0.25) is 5.02 Å². The zero-order valence-electron chi connectivity index (χ0n) is 8.89. The fourth-order valence-electron chi connectivity index (χ4n) is 1.08. The van der Waals surface area contributed by atoms with Crippen LogP contribution in [0.3, 0.4) is 0 Å². The number of nitrogens with two attached hydrogens (primary N) is 1. The Morgan fingerprint density at radius 3 is 2.76 bits per heavy atom. The van der Waals surface area contributed by atoms with Crippen LogP contribution in [-0.4, -0.2) is 28.0 Å². The summed E-state index contributed by atoms with van der Waals surface area (Å²) in [5, 5.41) is 11.4. The number of carboxylic acids is 1. The lowest BCUT2D eigenvalue weighted by molar-refractivity contribution is -0.137. The number of halogens is 1. The number of pyridine rings is 1. The summed E-state index contributed by atoms with van der Waals surface area (Å²) in [5.41, 5.74) is 5.51. The summed E-state index contributed by atoms with van der Waals surface area (Å²) in [6.45, 7) is 0. The molecule has 4 N–H and O–H groups in total. The van der Waals surface area contributed by atoms with E-state index in [0.717, 1.165) is 0 Å². The molecule has 1 atom stereocenters. The van der Waals surface area contributed by atoms with Crippen molar-refractivity contribution in [3.8, 4) is 0 Å². The van der Waals surface area contributed by atoms with E-state index in [-0.39, 0.29) is 12.8 Å². The van der Waals surface area contributed by atoms with E-state index >= 15 is 0 Å². The summed E-state index contributed by atoms with van der Waals surface area (Å²) in [7, 11) is 0. The topological polar surface area (TPSA) is 105 Å². The van der Waals surface area contributed by atoms with E-state index in [2.05, 4.69) is 10.3 Å². The molecule has 1 amide bonds. The summed E-state index contributed by atoms with van der Waals surface area (Å²) < 4.78 is 0. The van der Waals surface area contributed by atoms with Crippen LogP contribution in [0.25, 0.3) is 0 Å². The average molecular weight is 258 g/mol. The Balaban J connectivity index is 2.48. The third kappa shape index (κ3) is 4.80. The normalized spacial score (nSPS) is 11.9. The van der Waals surface area contributed by atoms with Crippen molar-refractivity contribution >= 4 is 29.3 Å². The minimum Gasteiger partial charge on any atom is -0.481 e. The van der Waals surface area contributed by atoms with Crippen LogP contribution in [0.15, 0.2) is 18.3 Å². The first kappa shape index (κ1) is 13.4. The van der Waals surface area contributed by atoms with Crippen molar-refractivity contribution in [2.24, 2.45) is 5.73 Å². The molecule has 0 aliphatic heterocycles. The number of nitrogens with one attached hydrogen (secondary N) is 1. The Morgan fingerprint density at radius 1 is 1.53 bits per heavy atom. The Morgan fingerprint density at radius 2 is 2.24 bits per heavy atom. The van der Waals surface area contributed by atoms with Gasteiger partial charge in [-0.05, 0) is 18.6 Å². The number of aliphatic carboxylic acids is 1. The number of amides is 1. The minimum atomic E-state index is -0.988. The van der Waals surface area contributed by atoms with Crippen LogP contribution in [0.1, 0.15) is 12.8 Å². The van der Waals surface area contributed by atoms with Gasteiger partial charge in [0.1, 0.15) is 5.82 Å². The van der Waals surface area contributed by atoms with Gasteiger partial charge < -0.3 is 16.2 Å². The van der Waals surface area contributed by atoms with Gasteiger partial charge in [0.2, 0.25) is 5.91 Å². The van der Waals surface area contributed by atoms with E-state index in [1.165, 1.54) is 12.3 Å². The molecule has 1 unspecified atom stereocenters. The predicted octanol–water partition coefficient (Wildman–Crippen LogP) is 0.866. The predicted molar refractivity (Wildman–Crippen MR) is 62.7 cm³/mol. The molecule has 0 saturated carbocycles. The first-order valence-electron chi connectivity index (χ1n) is 4.89. The highest BCUT2D eigenvalue weighted by molar-refractivity contribution is 6.30. The van der Waals surface area contributed by atoms with E-state index in [1.54, 1.807) is 6.07 Å². The molecule has 1 rings (SSSR count). The van der Waals surface area contributed by atoms with Crippen LogP contribution < -0.4 is 11.1 Å². The molecule has 0 saturated heterocycles. The van der Waals surface area contributed by atoms with Gasteiger partial charge in [0, 0.05) is 12.6 Å². The van der Waals surface area contributed by atoms with Gasteiger partial charge in [-0.1, -0.05) is 11.6 Å². The maximum absolute atomic E-state index is 11.5. The summed E-state index contributed by atoms with van der Waals surface area (Å²) >= 11 is 5.63. The van der Waals surface area contributed by atoms with E-state index < -0.39 is 17.9 Å². The second-order valence-electron chi connectivity index (χ2n) is 3.39. The molecule has 7 heteroatoms. The molecule has 17 heavy (non-hydrogen) atoms. The molecule has 0 spiro atoms. The zero-order valence-corrected chi connectivity index (χ0v) is 9.65. The molecule has 0 aliphatic rings. The quantitative estimate of drug-likeness (QED) is 0.726. The van der Waals surface area contributed by atoms with E-state index in [0.29, 0.717) is 10.8 Å². The Bertz CT molecular complexity index is 408. The number of nitrogens with zero attached hydrogens (tertiary/aromatic N) is 1. The second-order valence-corrected chi connectivity index (χ2v) is 3.83. The third-order valence-corrected chi connectivity index (χ3v) is 2.21. The van der Waals surface area contributed by atoms with Gasteiger partial charge in [-0.2, -0.15) is 0 Å². The Kier molecular flexibility index (Phi) is 4.86. The summed E-state index contributed by atoms with van der Waals surface area (Å²) in [4.78, 5) is 25.7. The van der Waals surface area contributed by atoms with Crippen molar-refractivity contribution in [2.75, 3.05) is 5.32 Å². The van der Waals surface area contributed by atoms with E-state index in [1.807, 2.05) is 0 Å². The molecule has 6 nitrogen and oxygen atoms in total. The van der Waals surface area contributed by atoms with Crippen molar-refractivity contribution in [3.63, 3.8) is 0 Å². The van der Waals surface area contributed by atoms with Gasteiger partial charge in [-0.15, -0.1) is 0 Å². The molecule has 1 aromatic heterocycles. The number of carboxylic acid groups (broad SMARTS) is 1. The number of hydrogen-bond acceptors (Lipinski definition) is 4. The van der Waals surface area contributed by atoms with Crippen LogP contribution in [-0.2, 0) is 9.59 Å². The molecule has 0 radical (unpaired) electrons. The first-order chi connectivity index (χ1) is 7.99. The molecule has 0 bridgehead atoms. The number of carbonyl (C=O) groups is 2. The lowest BCUT2D eigenvalue weighted by atomic mass is 10.1. The van der Waals surface area contributed by atoms with Crippen molar-refractivity contribution in [1.29, 1.82) is 0 Å².